The van der Waals surface area contributed by atoms with Crippen LogP contribution < -0.4 is 0 Å². The summed E-state index contributed by atoms with van der Waals surface area (Å²) in [6, 6.07) is 0. The van der Waals surface area contributed by atoms with Gasteiger partial charge in [0.05, 0.1) is 92.5 Å². The van der Waals surface area contributed by atoms with E-state index in [9.17, 15) is 40.9 Å². The fourth-order valence-electron chi connectivity index (χ4n) is 2.59. The zero-order chi connectivity index (χ0) is 27.9. The fourth-order valence-corrected chi connectivity index (χ4v) is 2.59. The molecular weight excluding hydrogens is 504 g/mol. The van der Waals surface area contributed by atoms with Crippen LogP contribution in [-0.4, -0.2) is 183 Å². The molecule has 0 radical (unpaired) electrons. The van der Waals surface area contributed by atoms with E-state index in [2.05, 4.69) is 0 Å². The van der Waals surface area contributed by atoms with Gasteiger partial charge >= 0.3 is 0 Å². The zero-order valence-corrected chi connectivity index (χ0v) is 21.4. The first-order valence-electron chi connectivity index (χ1n) is 12.0. The number of hydrogen-bond donors (Lipinski definition) is 8. The van der Waals surface area contributed by atoms with Gasteiger partial charge in [-0.05, 0) is 0 Å². The predicted octanol–water partition coefficient (Wildman–Crippen LogP) is -4.75. The van der Waals surface area contributed by atoms with Crippen molar-refractivity contribution in [3.8, 4) is 0 Å². The summed E-state index contributed by atoms with van der Waals surface area (Å²) in [4.78, 5) is 0. The third kappa shape index (κ3) is 17.6. The molecule has 0 fully saturated rings. The SMILES string of the molecule is COC(COC(COC(CO)CO)COC(CO)CO)COC(COC(CO)CO)COC(CO)CO. The molecule has 15 heteroatoms. The minimum absolute atomic E-state index is 0.0000354. The third-order valence-corrected chi connectivity index (χ3v) is 5.07. The summed E-state index contributed by atoms with van der Waals surface area (Å²) >= 11 is 0. The van der Waals surface area contributed by atoms with Gasteiger partial charge in [-0.25, -0.2) is 0 Å². The highest BCUT2D eigenvalue weighted by Gasteiger charge is 2.22. The predicted molar refractivity (Wildman–Crippen MR) is 126 cm³/mol. The average molecular weight is 551 g/mol. The lowest BCUT2D eigenvalue weighted by Gasteiger charge is -2.26. The van der Waals surface area contributed by atoms with Crippen LogP contribution in [0, 0.1) is 0 Å². The van der Waals surface area contributed by atoms with Crippen LogP contribution in [0.5, 0.6) is 0 Å². The van der Waals surface area contributed by atoms with Crippen molar-refractivity contribution in [2.45, 2.75) is 42.7 Å². The molecule has 0 aliphatic carbocycles. The van der Waals surface area contributed by atoms with Gasteiger partial charge in [-0.2, -0.15) is 0 Å². The van der Waals surface area contributed by atoms with Crippen molar-refractivity contribution in [3.05, 3.63) is 0 Å². The van der Waals surface area contributed by atoms with Gasteiger partial charge in [0, 0.05) is 7.11 Å². The molecule has 0 aromatic rings. The van der Waals surface area contributed by atoms with Crippen molar-refractivity contribution in [1.82, 2.24) is 0 Å². The third-order valence-electron chi connectivity index (χ3n) is 5.07. The minimum Gasteiger partial charge on any atom is -0.394 e. The van der Waals surface area contributed by atoms with E-state index in [1.807, 2.05) is 0 Å². The Morgan fingerprint density at radius 3 is 0.703 bits per heavy atom. The maximum absolute atomic E-state index is 9.19. The second kappa shape index (κ2) is 24.4. The van der Waals surface area contributed by atoms with Crippen LogP contribution in [0.15, 0.2) is 0 Å². The molecule has 0 heterocycles. The molecule has 8 N–H and O–H groups in total. The van der Waals surface area contributed by atoms with Crippen molar-refractivity contribution in [2.75, 3.05) is 99.6 Å². The first-order valence-corrected chi connectivity index (χ1v) is 12.0. The van der Waals surface area contributed by atoms with E-state index in [4.69, 9.17) is 33.2 Å². The van der Waals surface area contributed by atoms with Crippen molar-refractivity contribution in [1.29, 1.82) is 0 Å². The van der Waals surface area contributed by atoms with Crippen LogP contribution in [0.1, 0.15) is 0 Å². The molecule has 0 aromatic heterocycles. The smallest absolute Gasteiger partial charge is 0.104 e. The Morgan fingerprint density at radius 1 is 0.324 bits per heavy atom. The fraction of sp³-hybridized carbons (Fsp3) is 1.00. The summed E-state index contributed by atoms with van der Waals surface area (Å²) in [6.07, 6.45) is -5.27. The van der Waals surface area contributed by atoms with Crippen molar-refractivity contribution >= 4 is 0 Å². The maximum Gasteiger partial charge on any atom is 0.104 e. The van der Waals surface area contributed by atoms with Crippen LogP contribution in [0.2, 0.25) is 0 Å². The summed E-state index contributed by atoms with van der Waals surface area (Å²) in [5, 5.41) is 73.6. The molecule has 0 saturated heterocycles. The molecule has 0 atom stereocenters. The Labute approximate surface area is 217 Å². The second-order valence-electron chi connectivity index (χ2n) is 8.05. The largest absolute Gasteiger partial charge is 0.394 e. The Kier molecular flexibility index (Phi) is 24.0. The van der Waals surface area contributed by atoms with Crippen molar-refractivity contribution in [2.24, 2.45) is 0 Å². The van der Waals surface area contributed by atoms with Crippen LogP contribution in [0.3, 0.4) is 0 Å². The van der Waals surface area contributed by atoms with Gasteiger partial charge in [0.15, 0.2) is 0 Å². The maximum atomic E-state index is 9.19. The molecule has 0 unspecified atom stereocenters. The van der Waals surface area contributed by atoms with E-state index in [0.717, 1.165) is 0 Å². The Morgan fingerprint density at radius 2 is 0.514 bits per heavy atom. The lowest BCUT2D eigenvalue weighted by molar-refractivity contribution is -0.149. The normalized spacial score (nSPS) is 12.6. The van der Waals surface area contributed by atoms with E-state index in [-0.39, 0.29) is 39.6 Å². The number of ether oxygens (including phenoxy) is 7. The van der Waals surface area contributed by atoms with Crippen molar-refractivity contribution < 1.29 is 74.0 Å². The molecule has 0 spiro atoms. The molecule has 0 aromatic carbocycles. The second-order valence-corrected chi connectivity index (χ2v) is 8.05. The Bertz CT molecular complexity index is 401. The van der Waals surface area contributed by atoms with Gasteiger partial charge in [-0.1, -0.05) is 0 Å². The molecule has 15 nitrogen and oxygen atoms in total. The van der Waals surface area contributed by atoms with E-state index in [0.29, 0.717) is 0 Å². The molecular formula is C22H46O15. The molecule has 37 heavy (non-hydrogen) atoms. The number of aliphatic hydroxyl groups is 8. The Hall–Kier alpha value is -0.600. The minimum atomic E-state index is -0.816. The van der Waals surface area contributed by atoms with E-state index in [1.54, 1.807) is 0 Å². The zero-order valence-electron chi connectivity index (χ0n) is 21.4. The molecule has 0 bridgehead atoms. The standard InChI is InChI=1S/C22H46O15/c1-31-20(10-36-21(12-32-16(2-23)3-24)13-33-17(4-25)5-26)11-37-22(14-34-18(6-27)7-28)15-35-19(8-29)9-30/h16-30H,2-15H2,1H3. The van der Waals surface area contributed by atoms with Crippen LogP contribution >= 0.6 is 0 Å². The number of methoxy groups -OCH3 is 1. The van der Waals surface area contributed by atoms with E-state index in [1.165, 1.54) is 7.11 Å². The highest BCUT2D eigenvalue weighted by molar-refractivity contribution is 4.67. The van der Waals surface area contributed by atoms with Gasteiger partial charge in [0.2, 0.25) is 0 Å². The topological polar surface area (TPSA) is 226 Å². The quantitative estimate of drug-likeness (QED) is 0.0480. The van der Waals surface area contributed by atoms with Gasteiger partial charge in [-0.3, -0.25) is 0 Å². The van der Waals surface area contributed by atoms with Crippen molar-refractivity contribution in [3.63, 3.8) is 0 Å². The van der Waals surface area contributed by atoms with Gasteiger partial charge in [0.25, 0.3) is 0 Å². The number of hydrogen-bond acceptors (Lipinski definition) is 15. The summed E-state index contributed by atoms with van der Waals surface area (Å²) in [5.41, 5.74) is 0. The summed E-state index contributed by atoms with van der Waals surface area (Å²) < 4.78 is 38.6. The highest BCUT2D eigenvalue weighted by Crippen LogP contribution is 2.07. The first-order chi connectivity index (χ1) is 17.9. The lowest BCUT2D eigenvalue weighted by atomic mass is 10.3. The van der Waals surface area contributed by atoms with Crippen LogP contribution in [-0.2, 0) is 33.2 Å². The summed E-state index contributed by atoms with van der Waals surface area (Å²) in [6.45, 7) is -3.48. The lowest BCUT2D eigenvalue weighted by Crippen LogP contribution is -2.38. The number of rotatable bonds is 27. The molecule has 0 saturated carbocycles. The molecule has 0 aliphatic rings. The average Bonchev–Trinajstić information content (AvgIpc) is 2.93. The van der Waals surface area contributed by atoms with Crippen LogP contribution in [0.4, 0.5) is 0 Å². The monoisotopic (exact) mass is 550 g/mol. The molecule has 0 aliphatic heterocycles. The first kappa shape index (κ1) is 36.4. The summed E-state index contributed by atoms with van der Waals surface area (Å²) in [7, 11) is 1.43. The van der Waals surface area contributed by atoms with Gasteiger partial charge < -0.3 is 74.0 Å². The molecule has 224 valence electrons. The molecule has 0 rings (SSSR count). The van der Waals surface area contributed by atoms with Gasteiger partial charge in [-0.15, -0.1) is 0 Å². The van der Waals surface area contributed by atoms with Gasteiger partial charge in [0.1, 0.15) is 42.7 Å². The number of aliphatic hydroxyl groups excluding tert-OH is 8. The van der Waals surface area contributed by atoms with E-state index >= 15 is 0 Å². The van der Waals surface area contributed by atoms with E-state index < -0.39 is 95.6 Å². The highest BCUT2D eigenvalue weighted by atomic mass is 16.6. The van der Waals surface area contributed by atoms with Crippen LogP contribution in [0.25, 0.3) is 0 Å². The molecule has 0 amide bonds. The summed E-state index contributed by atoms with van der Waals surface area (Å²) in [5.74, 6) is 0. The Balaban J connectivity index is 4.98.